The Bertz CT molecular complexity index is 3370. The number of rotatable bonds is 3. The van der Waals surface area contributed by atoms with Gasteiger partial charge in [0.2, 0.25) is 0 Å². The second kappa shape index (κ2) is 11.5. The minimum atomic E-state index is -0.145. The number of hydrogen-bond donors (Lipinski definition) is 0. The summed E-state index contributed by atoms with van der Waals surface area (Å²) in [6.45, 7) is 4.74. The highest BCUT2D eigenvalue weighted by Crippen LogP contribution is 2.53. The molecule has 11 aromatic rings. The van der Waals surface area contributed by atoms with Gasteiger partial charge in [-0.05, 0) is 129 Å². The SMILES string of the molecule is CC1(C)c2ccc(-c3ccc(-c4c5ccccc5c(-c5ccc6ccccc6c5)c5ccccc45)cc3)cc2-c2ccc3cc4c(cc3c21)oc1ccccc14. The molecule has 1 aromatic heterocycles. The molecule has 0 N–H and O–H groups in total. The summed E-state index contributed by atoms with van der Waals surface area (Å²) in [7, 11) is 0. The molecule has 0 saturated heterocycles. The van der Waals surface area contributed by atoms with Crippen molar-refractivity contribution < 1.29 is 4.42 Å². The van der Waals surface area contributed by atoms with Gasteiger partial charge in [0.15, 0.2) is 0 Å². The normalized spacial score (nSPS) is 13.3. The second-order valence-corrected chi connectivity index (χ2v) is 16.0. The maximum absolute atomic E-state index is 6.37. The van der Waals surface area contributed by atoms with Crippen molar-refractivity contribution in [2.75, 3.05) is 0 Å². The molecule has 1 aliphatic carbocycles. The largest absolute Gasteiger partial charge is 0.456 e. The van der Waals surface area contributed by atoms with Crippen LogP contribution in [0.15, 0.2) is 186 Å². The molecule has 12 rings (SSSR count). The maximum Gasteiger partial charge on any atom is 0.136 e. The summed E-state index contributed by atoms with van der Waals surface area (Å²) in [5.41, 5.74) is 14.6. The zero-order chi connectivity index (χ0) is 37.1. The first-order chi connectivity index (χ1) is 27.5. The first kappa shape index (κ1) is 31.4. The third kappa shape index (κ3) is 4.43. The van der Waals surface area contributed by atoms with Crippen LogP contribution in [0.5, 0.6) is 0 Å². The lowest BCUT2D eigenvalue weighted by Crippen LogP contribution is -2.15. The molecule has 56 heavy (non-hydrogen) atoms. The fourth-order valence-corrected chi connectivity index (χ4v) is 9.99. The third-order valence-corrected chi connectivity index (χ3v) is 12.6. The molecule has 262 valence electrons. The van der Waals surface area contributed by atoms with Gasteiger partial charge in [-0.3, -0.25) is 0 Å². The summed E-state index contributed by atoms with van der Waals surface area (Å²) in [6, 6.07) is 67.2. The Kier molecular flexibility index (Phi) is 6.46. The third-order valence-electron chi connectivity index (χ3n) is 12.6. The van der Waals surface area contributed by atoms with Crippen molar-refractivity contribution in [2.45, 2.75) is 19.3 Å². The molecule has 0 spiro atoms. The van der Waals surface area contributed by atoms with Gasteiger partial charge in [0.05, 0.1) is 0 Å². The van der Waals surface area contributed by atoms with Gasteiger partial charge in [0.25, 0.3) is 0 Å². The van der Waals surface area contributed by atoms with E-state index in [9.17, 15) is 0 Å². The predicted octanol–water partition coefficient (Wildman–Crippen LogP) is 15.5. The lowest BCUT2D eigenvalue weighted by atomic mass is 9.80. The van der Waals surface area contributed by atoms with Crippen molar-refractivity contribution >= 4 is 65.0 Å². The van der Waals surface area contributed by atoms with Crippen molar-refractivity contribution in [3.05, 3.63) is 193 Å². The molecule has 0 fully saturated rings. The summed E-state index contributed by atoms with van der Waals surface area (Å²) in [6.07, 6.45) is 0. The second-order valence-electron chi connectivity index (χ2n) is 16.0. The molecule has 0 amide bonds. The Morgan fingerprint density at radius 2 is 0.911 bits per heavy atom. The predicted molar refractivity (Wildman–Crippen MR) is 238 cm³/mol. The van der Waals surface area contributed by atoms with Crippen LogP contribution in [0.4, 0.5) is 0 Å². The van der Waals surface area contributed by atoms with Gasteiger partial charge in [-0.15, -0.1) is 0 Å². The molecule has 0 aliphatic heterocycles. The summed E-state index contributed by atoms with van der Waals surface area (Å²) >= 11 is 0. The fourth-order valence-electron chi connectivity index (χ4n) is 9.99. The standard InChI is InChI=1S/C55H36O/c1-55(2)49-28-26-37(30-47(49)45-27-25-38-31-48-40-13-9-10-18-50(40)56-51(48)32-46(38)54(45)55)34-19-22-35(23-20-34)52-41-14-5-7-16-43(41)53(44-17-8-6-15-42(44)52)39-24-21-33-11-3-4-12-36(33)29-39/h3-32H,1-2H3. The fraction of sp³-hybridized carbons (Fsp3) is 0.0545. The van der Waals surface area contributed by atoms with Gasteiger partial charge in [0, 0.05) is 16.2 Å². The molecule has 0 saturated carbocycles. The summed E-state index contributed by atoms with van der Waals surface area (Å²) in [4.78, 5) is 0. The molecule has 1 aliphatic rings. The highest BCUT2D eigenvalue weighted by Gasteiger charge is 2.37. The molecule has 0 bridgehead atoms. The van der Waals surface area contributed by atoms with Gasteiger partial charge in [-0.2, -0.15) is 0 Å². The first-order valence-electron chi connectivity index (χ1n) is 19.6. The number of benzene rings is 10. The average molecular weight is 713 g/mol. The van der Waals surface area contributed by atoms with Crippen LogP contribution in [-0.4, -0.2) is 0 Å². The number of para-hydroxylation sites is 1. The van der Waals surface area contributed by atoms with E-state index in [1.165, 1.54) is 109 Å². The smallest absolute Gasteiger partial charge is 0.136 e. The summed E-state index contributed by atoms with van der Waals surface area (Å²) < 4.78 is 6.37. The van der Waals surface area contributed by atoms with Crippen LogP contribution >= 0.6 is 0 Å². The van der Waals surface area contributed by atoms with Crippen molar-refractivity contribution in [2.24, 2.45) is 0 Å². The van der Waals surface area contributed by atoms with Gasteiger partial charge >= 0.3 is 0 Å². The van der Waals surface area contributed by atoms with Gasteiger partial charge < -0.3 is 4.42 Å². The first-order valence-corrected chi connectivity index (χ1v) is 19.6. The molecule has 10 aromatic carbocycles. The lowest BCUT2D eigenvalue weighted by molar-refractivity contribution is 0.663. The summed E-state index contributed by atoms with van der Waals surface area (Å²) in [5, 5.41) is 12.5. The highest BCUT2D eigenvalue weighted by molar-refractivity contribution is 6.22. The molecular formula is C55H36O. The quantitative estimate of drug-likeness (QED) is 0.166. The monoisotopic (exact) mass is 712 g/mol. The summed E-state index contributed by atoms with van der Waals surface area (Å²) in [5.74, 6) is 0. The Morgan fingerprint density at radius 3 is 1.64 bits per heavy atom. The Balaban J connectivity index is 0.975. The van der Waals surface area contributed by atoms with Gasteiger partial charge in [-0.25, -0.2) is 0 Å². The molecule has 0 radical (unpaired) electrons. The van der Waals surface area contributed by atoms with Crippen LogP contribution in [0.2, 0.25) is 0 Å². The van der Waals surface area contributed by atoms with Crippen molar-refractivity contribution in [3.8, 4) is 44.5 Å². The number of furan rings is 1. The van der Waals surface area contributed by atoms with E-state index in [4.69, 9.17) is 4.42 Å². The van der Waals surface area contributed by atoms with E-state index in [0.29, 0.717) is 0 Å². The highest BCUT2D eigenvalue weighted by atomic mass is 16.3. The average Bonchev–Trinajstić information content (AvgIpc) is 3.72. The van der Waals surface area contributed by atoms with E-state index in [1.807, 2.05) is 6.07 Å². The molecule has 1 nitrogen and oxygen atoms in total. The van der Waals surface area contributed by atoms with E-state index in [-0.39, 0.29) is 5.41 Å². The van der Waals surface area contributed by atoms with Crippen molar-refractivity contribution in [1.82, 2.24) is 0 Å². The number of hydrogen-bond acceptors (Lipinski definition) is 1. The molecule has 0 atom stereocenters. The van der Waals surface area contributed by atoms with Crippen LogP contribution in [-0.2, 0) is 5.41 Å². The van der Waals surface area contributed by atoms with Crippen LogP contribution in [0, 0.1) is 0 Å². The lowest BCUT2D eigenvalue weighted by Gasteiger charge is -2.23. The Labute approximate surface area is 325 Å². The van der Waals surface area contributed by atoms with E-state index in [2.05, 4.69) is 190 Å². The Hall–Kier alpha value is -6.96. The molecule has 0 unspecified atom stereocenters. The van der Waals surface area contributed by atoms with Crippen LogP contribution in [0.1, 0.15) is 25.0 Å². The van der Waals surface area contributed by atoms with E-state index in [1.54, 1.807) is 0 Å². The molecule has 1 heteroatoms. The molecule has 1 heterocycles. The topological polar surface area (TPSA) is 13.1 Å². The van der Waals surface area contributed by atoms with Crippen LogP contribution in [0.3, 0.4) is 0 Å². The zero-order valence-corrected chi connectivity index (χ0v) is 31.2. The Morgan fingerprint density at radius 1 is 0.339 bits per heavy atom. The number of fused-ring (bicyclic) bond motifs is 11. The molecular weight excluding hydrogens is 677 g/mol. The van der Waals surface area contributed by atoms with Gasteiger partial charge in [0.1, 0.15) is 11.2 Å². The van der Waals surface area contributed by atoms with E-state index in [0.717, 1.165) is 11.2 Å². The van der Waals surface area contributed by atoms with Crippen molar-refractivity contribution in [3.63, 3.8) is 0 Å². The van der Waals surface area contributed by atoms with Crippen molar-refractivity contribution in [1.29, 1.82) is 0 Å². The van der Waals surface area contributed by atoms with E-state index < -0.39 is 0 Å². The van der Waals surface area contributed by atoms with E-state index >= 15 is 0 Å². The van der Waals surface area contributed by atoms with Gasteiger partial charge in [-0.1, -0.05) is 166 Å². The maximum atomic E-state index is 6.37. The zero-order valence-electron chi connectivity index (χ0n) is 31.2. The minimum absolute atomic E-state index is 0.145. The minimum Gasteiger partial charge on any atom is -0.456 e. The van der Waals surface area contributed by atoms with Crippen LogP contribution < -0.4 is 0 Å². The van der Waals surface area contributed by atoms with Crippen LogP contribution in [0.25, 0.3) is 110 Å².